The van der Waals surface area contributed by atoms with Gasteiger partial charge in [0.05, 0.1) is 0 Å². The average Bonchev–Trinajstić information content (AvgIpc) is 2.46. The van der Waals surface area contributed by atoms with E-state index in [1.54, 1.807) is 0 Å². The van der Waals surface area contributed by atoms with Crippen molar-refractivity contribution in [3.8, 4) is 11.8 Å². The molecule has 0 radical (unpaired) electrons. The van der Waals surface area contributed by atoms with Gasteiger partial charge in [0, 0.05) is 12.3 Å². The van der Waals surface area contributed by atoms with Crippen LogP contribution in [0.1, 0.15) is 111 Å². The molecule has 0 aromatic heterocycles. The molecule has 0 rings (SSSR count). The zero-order valence-corrected chi connectivity index (χ0v) is 14.5. The van der Waals surface area contributed by atoms with Gasteiger partial charge in [-0.3, -0.25) is 0 Å². The molecule has 0 aromatic rings. The Hall–Kier alpha value is -0.440. The molecule has 0 spiro atoms. The predicted molar refractivity (Wildman–Crippen MR) is 92.9 cm³/mol. The summed E-state index contributed by atoms with van der Waals surface area (Å²) in [6.45, 7) is 6.85. The van der Waals surface area contributed by atoms with Gasteiger partial charge < -0.3 is 0 Å². The van der Waals surface area contributed by atoms with Gasteiger partial charge in [0.1, 0.15) is 0 Å². The van der Waals surface area contributed by atoms with Gasteiger partial charge in [0.15, 0.2) is 0 Å². The van der Waals surface area contributed by atoms with Gasteiger partial charge in [-0.2, -0.15) is 0 Å². The van der Waals surface area contributed by atoms with Gasteiger partial charge in [-0.25, -0.2) is 0 Å². The minimum atomic E-state index is 0.678. The highest BCUT2D eigenvalue weighted by Crippen LogP contribution is 2.15. The Morgan fingerprint density at radius 3 is 1.85 bits per heavy atom. The van der Waals surface area contributed by atoms with Crippen LogP contribution in [0.2, 0.25) is 0 Å². The first-order chi connectivity index (χ1) is 9.85. The fourth-order valence-corrected chi connectivity index (χ4v) is 2.66. The molecule has 1 atom stereocenters. The predicted octanol–water partition coefficient (Wildman–Crippen LogP) is 7.13. The minimum absolute atomic E-state index is 0.678. The monoisotopic (exact) mass is 278 g/mol. The van der Waals surface area contributed by atoms with Crippen LogP contribution >= 0.6 is 0 Å². The first kappa shape index (κ1) is 19.6. The quantitative estimate of drug-likeness (QED) is 0.248. The second-order valence-electron chi connectivity index (χ2n) is 6.17. The van der Waals surface area contributed by atoms with E-state index in [1.165, 1.54) is 83.5 Å². The summed E-state index contributed by atoms with van der Waals surface area (Å²) in [6, 6.07) is 0. The van der Waals surface area contributed by atoms with Crippen molar-refractivity contribution in [3.05, 3.63) is 0 Å². The van der Waals surface area contributed by atoms with Crippen molar-refractivity contribution in [3.63, 3.8) is 0 Å². The Morgan fingerprint density at radius 1 is 0.600 bits per heavy atom. The minimum Gasteiger partial charge on any atom is -0.103 e. The second kappa shape index (κ2) is 16.6. The lowest BCUT2D eigenvalue weighted by atomic mass is 9.96. The molecule has 0 bridgehead atoms. The maximum atomic E-state index is 3.55. The Kier molecular flexibility index (Phi) is 16.2. The van der Waals surface area contributed by atoms with Crippen molar-refractivity contribution in [1.82, 2.24) is 0 Å². The van der Waals surface area contributed by atoms with Crippen LogP contribution in [0.25, 0.3) is 0 Å². The van der Waals surface area contributed by atoms with Gasteiger partial charge in [-0.05, 0) is 19.3 Å². The maximum absolute atomic E-state index is 3.55. The van der Waals surface area contributed by atoms with E-state index in [4.69, 9.17) is 0 Å². The number of hydrogen-bond acceptors (Lipinski definition) is 0. The van der Waals surface area contributed by atoms with E-state index in [2.05, 4.69) is 32.6 Å². The van der Waals surface area contributed by atoms with E-state index >= 15 is 0 Å². The topological polar surface area (TPSA) is 0 Å². The Morgan fingerprint density at radius 2 is 1.20 bits per heavy atom. The van der Waals surface area contributed by atoms with E-state index in [0.717, 1.165) is 6.42 Å². The molecule has 0 amide bonds. The molecule has 0 aliphatic rings. The van der Waals surface area contributed by atoms with Crippen LogP contribution in [0.4, 0.5) is 0 Å². The third-order valence-corrected chi connectivity index (χ3v) is 4.00. The highest BCUT2D eigenvalue weighted by molar-refractivity contribution is 5.03. The van der Waals surface area contributed by atoms with Crippen LogP contribution in [0, 0.1) is 17.8 Å². The summed E-state index contributed by atoms with van der Waals surface area (Å²) in [5.74, 6) is 7.68. The first-order valence-corrected chi connectivity index (χ1v) is 9.33. The largest absolute Gasteiger partial charge is 0.103 e. The van der Waals surface area contributed by atoms with Crippen LogP contribution < -0.4 is 0 Å². The summed E-state index contributed by atoms with van der Waals surface area (Å²) in [7, 11) is 0. The Labute approximate surface area is 129 Å². The van der Waals surface area contributed by atoms with Crippen LogP contribution in [0.5, 0.6) is 0 Å². The lowest BCUT2D eigenvalue weighted by Gasteiger charge is -2.08. The molecule has 20 heavy (non-hydrogen) atoms. The van der Waals surface area contributed by atoms with E-state index < -0.39 is 0 Å². The van der Waals surface area contributed by atoms with E-state index in [0.29, 0.717) is 5.92 Å². The Balaban J connectivity index is 3.63. The van der Waals surface area contributed by atoms with E-state index in [-0.39, 0.29) is 0 Å². The smallest absolute Gasteiger partial charge is 0.0202 e. The number of hydrogen-bond donors (Lipinski definition) is 0. The SMILES string of the molecule is CCCCCCCCC#CC(CCC)CCCCCC. The fraction of sp³-hybridized carbons (Fsp3) is 0.900. The molecule has 118 valence electrons. The standard InChI is InChI=1S/C20H38/c1-4-7-9-11-12-13-14-16-19-20(17-6-3)18-15-10-8-5-2/h20H,4-15,17-18H2,1-3H3. The molecule has 0 heterocycles. The van der Waals surface area contributed by atoms with Crippen molar-refractivity contribution in [2.24, 2.45) is 5.92 Å². The first-order valence-electron chi connectivity index (χ1n) is 9.33. The highest BCUT2D eigenvalue weighted by Gasteiger charge is 2.03. The number of rotatable bonds is 13. The summed E-state index contributed by atoms with van der Waals surface area (Å²) in [4.78, 5) is 0. The summed E-state index contributed by atoms with van der Waals surface area (Å²) >= 11 is 0. The molecule has 0 aromatic carbocycles. The maximum Gasteiger partial charge on any atom is 0.0202 e. The molecular formula is C20H38. The normalized spacial score (nSPS) is 11.9. The van der Waals surface area contributed by atoms with Gasteiger partial charge >= 0.3 is 0 Å². The van der Waals surface area contributed by atoms with Gasteiger partial charge in [-0.1, -0.05) is 90.9 Å². The van der Waals surface area contributed by atoms with Crippen LogP contribution in [-0.2, 0) is 0 Å². The summed E-state index contributed by atoms with van der Waals surface area (Å²) in [5, 5.41) is 0. The van der Waals surface area contributed by atoms with E-state index in [9.17, 15) is 0 Å². The molecule has 0 heteroatoms. The molecule has 0 saturated heterocycles. The lowest BCUT2D eigenvalue weighted by molar-refractivity contribution is 0.508. The molecular weight excluding hydrogens is 240 g/mol. The highest BCUT2D eigenvalue weighted by atomic mass is 14.1. The molecule has 1 unspecified atom stereocenters. The van der Waals surface area contributed by atoms with Gasteiger partial charge in [0.25, 0.3) is 0 Å². The van der Waals surface area contributed by atoms with Crippen molar-refractivity contribution < 1.29 is 0 Å². The molecule has 0 nitrogen and oxygen atoms in total. The average molecular weight is 279 g/mol. The van der Waals surface area contributed by atoms with Crippen LogP contribution in [0.3, 0.4) is 0 Å². The Bertz CT molecular complexity index is 230. The fourth-order valence-electron chi connectivity index (χ4n) is 2.66. The lowest BCUT2D eigenvalue weighted by Crippen LogP contribution is -1.97. The summed E-state index contributed by atoms with van der Waals surface area (Å²) in [5.41, 5.74) is 0. The van der Waals surface area contributed by atoms with E-state index in [1.807, 2.05) is 0 Å². The van der Waals surface area contributed by atoms with Crippen molar-refractivity contribution in [1.29, 1.82) is 0 Å². The van der Waals surface area contributed by atoms with Crippen molar-refractivity contribution >= 4 is 0 Å². The summed E-state index contributed by atoms with van der Waals surface area (Å²) in [6.07, 6.45) is 18.8. The van der Waals surface area contributed by atoms with Crippen molar-refractivity contribution in [2.45, 2.75) is 111 Å². The molecule has 0 N–H and O–H groups in total. The zero-order valence-electron chi connectivity index (χ0n) is 14.5. The summed E-state index contributed by atoms with van der Waals surface area (Å²) < 4.78 is 0. The third-order valence-electron chi connectivity index (χ3n) is 4.00. The van der Waals surface area contributed by atoms with Gasteiger partial charge in [0.2, 0.25) is 0 Å². The molecule has 0 aliphatic heterocycles. The van der Waals surface area contributed by atoms with Crippen LogP contribution in [-0.4, -0.2) is 0 Å². The molecule has 0 fully saturated rings. The van der Waals surface area contributed by atoms with Gasteiger partial charge in [-0.15, -0.1) is 5.92 Å². The number of unbranched alkanes of at least 4 members (excludes halogenated alkanes) is 9. The van der Waals surface area contributed by atoms with Crippen LogP contribution in [0.15, 0.2) is 0 Å². The van der Waals surface area contributed by atoms with Crippen molar-refractivity contribution in [2.75, 3.05) is 0 Å². The molecule has 0 saturated carbocycles. The third kappa shape index (κ3) is 14.0. The second-order valence-corrected chi connectivity index (χ2v) is 6.17. The zero-order chi connectivity index (χ0) is 14.9. The molecule has 0 aliphatic carbocycles.